The number of methoxy groups -OCH3 is 1. The van der Waals surface area contributed by atoms with Gasteiger partial charge in [0.15, 0.2) is 5.78 Å². The van der Waals surface area contributed by atoms with Crippen molar-refractivity contribution in [2.45, 2.75) is 20.0 Å². The molecule has 0 radical (unpaired) electrons. The van der Waals surface area contributed by atoms with E-state index in [0.717, 1.165) is 5.56 Å². The number of ether oxygens (including phenoxy) is 1. The Morgan fingerprint density at radius 1 is 1.50 bits per heavy atom. The van der Waals surface area contributed by atoms with Crippen LogP contribution in [0.15, 0.2) is 18.2 Å². The van der Waals surface area contributed by atoms with E-state index in [0.29, 0.717) is 5.56 Å². The summed E-state index contributed by atoms with van der Waals surface area (Å²) >= 11 is 0. The third-order valence-electron chi connectivity index (χ3n) is 2.22. The molecule has 0 aliphatic carbocycles. The van der Waals surface area contributed by atoms with Crippen LogP contribution < -0.4 is 0 Å². The molecule has 1 aromatic carbocycles. The summed E-state index contributed by atoms with van der Waals surface area (Å²) in [5.74, 6) is -0.138. The average molecular weight is 194 g/mol. The predicted molar refractivity (Wildman–Crippen MR) is 53.5 cm³/mol. The highest BCUT2D eigenvalue weighted by Crippen LogP contribution is 2.27. The van der Waals surface area contributed by atoms with Gasteiger partial charge < -0.3 is 9.84 Å². The molecule has 0 aliphatic rings. The first kappa shape index (κ1) is 10.7. The maximum absolute atomic E-state index is 11.3. The minimum atomic E-state index is -0.194. The largest absolute Gasteiger partial charge is 0.507 e. The number of carbonyl (C=O) groups excluding carboxylic acids is 1. The lowest BCUT2D eigenvalue weighted by atomic mass is 9.99. The van der Waals surface area contributed by atoms with Crippen molar-refractivity contribution in [2.24, 2.45) is 0 Å². The lowest BCUT2D eigenvalue weighted by molar-refractivity contribution is 0.0985. The fraction of sp³-hybridized carbons (Fsp3) is 0.364. The van der Waals surface area contributed by atoms with Gasteiger partial charge in [-0.3, -0.25) is 4.79 Å². The number of Topliss-reactive ketones (excluding diaryl/α,β-unsaturated/α-hetero) is 1. The van der Waals surface area contributed by atoms with Crippen molar-refractivity contribution < 1.29 is 14.6 Å². The summed E-state index contributed by atoms with van der Waals surface area (Å²) in [6.45, 7) is 3.27. The van der Waals surface area contributed by atoms with E-state index in [-0.39, 0.29) is 17.6 Å². The van der Waals surface area contributed by atoms with Gasteiger partial charge in [-0.2, -0.15) is 0 Å². The van der Waals surface area contributed by atoms with Gasteiger partial charge in [0, 0.05) is 7.11 Å². The van der Waals surface area contributed by atoms with E-state index in [4.69, 9.17) is 4.74 Å². The molecule has 0 fully saturated rings. The summed E-state index contributed by atoms with van der Waals surface area (Å²) in [7, 11) is 1.57. The highest BCUT2D eigenvalue weighted by molar-refractivity contribution is 5.98. The topological polar surface area (TPSA) is 46.5 Å². The van der Waals surface area contributed by atoms with E-state index < -0.39 is 0 Å². The van der Waals surface area contributed by atoms with Crippen LogP contribution in [0.25, 0.3) is 0 Å². The molecular weight excluding hydrogens is 180 g/mol. The molecule has 1 rings (SSSR count). The van der Waals surface area contributed by atoms with Gasteiger partial charge in [0.25, 0.3) is 0 Å². The molecule has 1 atom stereocenters. The molecule has 14 heavy (non-hydrogen) atoms. The maximum Gasteiger partial charge on any atom is 0.163 e. The Hall–Kier alpha value is -1.35. The van der Waals surface area contributed by atoms with Crippen molar-refractivity contribution in [3.63, 3.8) is 0 Å². The summed E-state index contributed by atoms with van der Waals surface area (Å²) in [6, 6.07) is 4.99. The van der Waals surface area contributed by atoms with E-state index in [2.05, 4.69) is 0 Å². The van der Waals surface area contributed by atoms with Gasteiger partial charge in [-0.05, 0) is 25.5 Å². The zero-order valence-corrected chi connectivity index (χ0v) is 8.57. The van der Waals surface area contributed by atoms with Crippen molar-refractivity contribution in [1.82, 2.24) is 0 Å². The number of phenols is 1. The van der Waals surface area contributed by atoms with Crippen molar-refractivity contribution in [3.8, 4) is 5.75 Å². The van der Waals surface area contributed by atoms with Crippen LogP contribution in [-0.4, -0.2) is 18.0 Å². The molecule has 0 bridgehead atoms. The second-order valence-electron chi connectivity index (χ2n) is 3.18. The Balaban J connectivity index is 3.28. The number of hydrogen-bond donors (Lipinski definition) is 1. The SMILES string of the molecule is COC(C)c1cccc(O)c1C(C)=O. The third kappa shape index (κ3) is 1.93. The van der Waals surface area contributed by atoms with Gasteiger partial charge in [0.2, 0.25) is 0 Å². The number of phenolic OH excluding ortho intramolecular Hbond substituents is 1. The van der Waals surface area contributed by atoms with Crippen LogP contribution in [0, 0.1) is 0 Å². The van der Waals surface area contributed by atoms with Crippen molar-refractivity contribution in [3.05, 3.63) is 29.3 Å². The van der Waals surface area contributed by atoms with Crippen LogP contribution >= 0.6 is 0 Å². The first-order valence-electron chi connectivity index (χ1n) is 4.43. The summed E-state index contributed by atoms with van der Waals surface area (Å²) in [6.07, 6.45) is -0.194. The molecule has 0 aromatic heterocycles. The summed E-state index contributed by atoms with van der Waals surface area (Å²) in [5.41, 5.74) is 1.07. The second kappa shape index (κ2) is 4.24. The van der Waals surface area contributed by atoms with E-state index in [1.54, 1.807) is 19.2 Å². The summed E-state index contributed by atoms with van der Waals surface area (Å²) in [4.78, 5) is 11.3. The van der Waals surface area contributed by atoms with Crippen molar-refractivity contribution in [1.29, 1.82) is 0 Å². The molecule has 1 unspecified atom stereocenters. The first-order chi connectivity index (χ1) is 6.57. The number of rotatable bonds is 3. The number of aromatic hydroxyl groups is 1. The van der Waals surface area contributed by atoms with Crippen LogP contribution in [0.3, 0.4) is 0 Å². The average Bonchev–Trinajstić information content (AvgIpc) is 2.15. The molecule has 1 N–H and O–H groups in total. The maximum atomic E-state index is 11.3. The molecule has 1 aromatic rings. The fourth-order valence-electron chi connectivity index (χ4n) is 1.41. The molecular formula is C11H14O3. The first-order valence-corrected chi connectivity index (χ1v) is 4.43. The van der Waals surface area contributed by atoms with Gasteiger partial charge in [-0.1, -0.05) is 12.1 Å². The van der Waals surface area contributed by atoms with Gasteiger partial charge in [0.1, 0.15) is 5.75 Å². The van der Waals surface area contributed by atoms with Crippen LogP contribution in [0.1, 0.15) is 35.9 Å². The molecule has 3 nitrogen and oxygen atoms in total. The van der Waals surface area contributed by atoms with Crippen LogP contribution in [0.4, 0.5) is 0 Å². The zero-order valence-electron chi connectivity index (χ0n) is 8.57. The molecule has 76 valence electrons. The lowest BCUT2D eigenvalue weighted by Crippen LogP contribution is -2.05. The molecule has 3 heteroatoms. The van der Waals surface area contributed by atoms with Crippen LogP contribution in [-0.2, 0) is 4.74 Å². The minimum absolute atomic E-state index is 0.0129. The quantitative estimate of drug-likeness (QED) is 0.751. The number of benzene rings is 1. The molecule has 0 spiro atoms. The van der Waals surface area contributed by atoms with Gasteiger partial charge >= 0.3 is 0 Å². The van der Waals surface area contributed by atoms with Gasteiger partial charge in [-0.25, -0.2) is 0 Å². The van der Waals surface area contributed by atoms with E-state index in [1.807, 2.05) is 6.92 Å². The monoisotopic (exact) mass is 194 g/mol. The molecule has 0 aliphatic heterocycles. The number of ketones is 1. The number of hydrogen-bond acceptors (Lipinski definition) is 3. The standard InChI is InChI=1S/C11H14O3/c1-7(12)11-9(8(2)14-3)5-4-6-10(11)13/h4-6,8,13H,1-3H3. The Morgan fingerprint density at radius 2 is 2.14 bits per heavy atom. The smallest absolute Gasteiger partial charge is 0.163 e. The predicted octanol–water partition coefficient (Wildman–Crippen LogP) is 2.30. The highest BCUT2D eigenvalue weighted by Gasteiger charge is 2.16. The molecule has 0 amide bonds. The van der Waals surface area contributed by atoms with Gasteiger partial charge in [0.05, 0.1) is 11.7 Å². The van der Waals surface area contributed by atoms with Gasteiger partial charge in [-0.15, -0.1) is 0 Å². The molecule has 0 heterocycles. The van der Waals surface area contributed by atoms with Crippen molar-refractivity contribution >= 4 is 5.78 Å². The lowest BCUT2D eigenvalue weighted by Gasteiger charge is -2.14. The minimum Gasteiger partial charge on any atom is -0.507 e. The Kier molecular flexibility index (Phi) is 3.25. The third-order valence-corrected chi connectivity index (χ3v) is 2.22. The van der Waals surface area contributed by atoms with Crippen LogP contribution in [0.5, 0.6) is 5.75 Å². The molecule has 0 saturated heterocycles. The fourth-order valence-corrected chi connectivity index (χ4v) is 1.41. The van der Waals surface area contributed by atoms with E-state index in [9.17, 15) is 9.90 Å². The highest BCUT2D eigenvalue weighted by atomic mass is 16.5. The Labute approximate surface area is 83.3 Å². The van der Waals surface area contributed by atoms with E-state index in [1.165, 1.54) is 13.0 Å². The van der Waals surface area contributed by atoms with Crippen LogP contribution in [0.2, 0.25) is 0 Å². The second-order valence-corrected chi connectivity index (χ2v) is 3.18. The zero-order chi connectivity index (χ0) is 10.7. The molecule has 0 saturated carbocycles. The summed E-state index contributed by atoms with van der Waals surface area (Å²) < 4.78 is 5.12. The Bertz CT molecular complexity index is 344. The summed E-state index contributed by atoms with van der Waals surface area (Å²) in [5, 5.41) is 9.53. The van der Waals surface area contributed by atoms with E-state index >= 15 is 0 Å². The van der Waals surface area contributed by atoms with Crippen molar-refractivity contribution in [2.75, 3.05) is 7.11 Å². The number of carbonyl (C=O) groups is 1. The normalized spacial score (nSPS) is 12.5. The Morgan fingerprint density at radius 3 is 2.64 bits per heavy atom.